The van der Waals surface area contributed by atoms with Gasteiger partial charge < -0.3 is 5.11 Å². The average Bonchev–Trinajstić information content (AvgIpc) is 2.48. The molecule has 0 aliphatic heterocycles. The second-order valence-corrected chi connectivity index (χ2v) is 7.20. The number of carboxylic acid groups (broad SMARTS) is 1. The molecule has 0 radical (unpaired) electrons. The number of hydrogen-bond donors (Lipinski definition) is 1. The standard InChI is InChI=1S/C18H24BrFO2/c1-2-3-4-5-12-6-8-13(9-7-12)14-10-11-15(19)16(17(14)20)18(21)22/h10-13H,2-9H2,1H3,(H,21,22). The van der Waals surface area contributed by atoms with E-state index in [1.54, 1.807) is 12.1 Å². The molecule has 1 aliphatic carbocycles. The molecule has 1 aromatic carbocycles. The fourth-order valence-electron chi connectivity index (χ4n) is 3.53. The average molecular weight is 371 g/mol. The molecule has 0 heterocycles. The summed E-state index contributed by atoms with van der Waals surface area (Å²) >= 11 is 3.13. The van der Waals surface area contributed by atoms with E-state index in [9.17, 15) is 9.18 Å². The van der Waals surface area contributed by atoms with Crippen molar-refractivity contribution in [3.05, 3.63) is 33.5 Å². The first kappa shape index (κ1) is 17.5. The third-order valence-electron chi connectivity index (χ3n) is 4.84. The Kier molecular flexibility index (Phi) is 6.42. The number of aromatic carboxylic acids is 1. The molecule has 22 heavy (non-hydrogen) atoms. The maximum absolute atomic E-state index is 14.5. The van der Waals surface area contributed by atoms with E-state index in [1.165, 1.54) is 25.7 Å². The lowest BCUT2D eigenvalue weighted by molar-refractivity contribution is 0.0690. The summed E-state index contributed by atoms with van der Waals surface area (Å²) in [7, 11) is 0. The number of benzene rings is 1. The first-order valence-electron chi connectivity index (χ1n) is 8.25. The van der Waals surface area contributed by atoms with Gasteiger partial charge in [0, 0.05) is 4.47 Å². The van der Waals surface area contributed by atoms with Crippen molar-refractivity contribution in [1.82, 2.24) is 0 Å². The highest BCUT2D eigenvalue weighted by Gasteiger charge is 2.27. The summed E-state index contributed by atoms with van der Waals surface area (Å²) in [5, 5.41) is 9.16. The van der Waals surface area contributed by atoms with Crippen LogP contribution in [0.4, 0.5) is 4.39 Å². The SMILES string of the molecule is CCCCCC1CCC(c2ccc(Br)c(C(=O)O)c2F)CC1. The highest BCUT2D eigenvalue weighted by atomic mass is 79.9. The van der Waals surface area contributed by atoms with Gasteiger partial charge in [-0.3, -0.25) is 0 Å². The Hall–Kier alpha value is -0.900. The molecular formula is C18H24BrFO2. The van der Waals surface area contributed by atoms with Crippen molar-refractivity contribution >= 4 is 21.9 Å². The molecule has 4 heteroatoms. The monoisotopic (exact) mass is 370 g/mol. The van der Waals surface area contributed by atoms with E-state index in [-0.39, 0.29) is 11.5 Å². The molecule has 0 atom stereocenters. The van der Waals surface area contributed by atoms with Gasteiger partial charge in [-0.15, -0.1) is 0 Å². The summed E-state index contributed by atoms with van der Waals surface area (Å²) in [6, 6.07) is 3.41. The highest BCUT2D eigenvalue weighted by molar-refractivity contribution is 9.10. The zero-order chi connectivity index (χ0) is 16.1. The minimum absolute atomic E-state index is 0.161. The number of halogens is 2. The summed E-state index contributed by atoms with van der Waals surface area (Å²) in [4.78, 5) is 11.2. The van der Waals surface area contributed by atoms with Crippen LogP contribution in [0.3, 0.4) is 0 Å². The molecule has 0 bridgehead atoms. The third kappa shape index (κ3) is 4.09. The minimum atomic E-state index is -1.21. The van der Waals surface area contributed by atoms with Crippen LogP contribution >= 0.6 is 15.9 Å². The Bertz CT molecular complexity index is 522. The Labute approximate surface area is 140 Å². The van der Waals surface area contributed by atoms with Crippen LogP contribution in [-0.2, 0) is 0 Å². The van der Waals surface area contributed by atoms with Crippen molar-refractivity contribution < 1.29 is 14.3 Å². The molecule has 1 aliphatic rings. The second kappa shape index (κ2) is 8.09. The summed E-state index contributed by atoms with van der Waals surface area (Å²) in [5.41, 5.74) is 0.343. The lowest BCUT2D eigenvalue weighted by Gasteiger charge is -2.29. The van der Waals surface area contributed by atoms with E-state index in [2.05, 4.69) is 22.9 Å². The lowest BCUT2D eigenvalue weighted by atomic mass is 9.76. The van der Waals surface area contributed by atoms with Crippen LogP contribution in [0, 0.1) is 11.7 Å². The predicted molar refractivity (Wildman–Crippen MR) is 89.9 cm³/mol. The molecule has 0 unspecified atom stereocenters. The van der Waals surface area contributed by atoms with Gasteiger partial charge in [0.05, 0.1) is 0 Å². The van der Waals surface area contributed by atoms with Crippen LogP contribution in [0.25, 0.3) is 0 Å². The molecule has 1 saturated carbocycles. The van der Waals surface area contributed by atoms with Crippen LogP contribution in [0.1, 0.15) is 80.1 Å². The molecule has 1 N–H and O–H groups in total. The number of carbonyl (C=O) groups is 1. The van der Waals surface area contributed by atoms with E-state index in [0.29, 0.717) is 10.0 Å². The number of rotatable bonds is 6. The predicted octanol–water partition coefficient (Wildman–Crippen LogP) is 6.14. The Morgan fingerprint density at radius 1 is 1.27 bits per heavy atom. The van der Waals surface area contributed by atoms with Gasteiger partial charge in [0.2, 0.25) is 0 Å². The summed E-state index contributed by atoms with van der Waals surface area (Å²) in [6.07, 6.45) is 9.31. The zero-order valence-corrected chi connectivity index (χ0v) is 14.7. The third-order valence-corrected chi connectivity index (χ3v) is 5.50. The fourth-order valence-corrected chi connectivity index (χ4v) is 4.00. The molecule has 0 saturated heterocycles. The maximum atomic E-state index is 14.5. The summed E-state index contributed by atoms with van der Waals surface area (Å²) in [6.45, 7) is 2.22. The van der Waals surface area contributed by atoms with E-state index in [4.69, 9.17) is 5.11 Å². The molecule has 2 rings (SSSR count). The first-order chi connectivity index (χ1) is 10.5. The van der Waals surface area contributed by atoms with Gasteiger partial charge in [-0.1, -0.05) is 38.7 Å². The molecule has 0 spiro atoms. The van der Waals surface area contributed by atoms with Crippen LogP contribution in [-0.4, -0.2) is 11.1 Å². The molecule has 2 nitrogen and oxygen atoms in total. The van der Waals surface area contributed by atoms with Gasteiger partial charge in [0.15, 0.2) is 0 Å². The zero-order valence-electron chi connectivity index (χ0n) is 13.1. The molecule has 0 aromatic heterocycles. The van der Waals surface area contributed by atoms with Crippen molar-refractivity contribution in [3.8, 4) is 0 Å². The summed E-state index contributed by atoms with van der Waals surface area (Å²) in [5.74, 6) is -0.843. The molecule has 122 valence electrons. The molecular weight excluding hydrogens is 347 g/mol. The second-order valence-electron chi connectivity index (χ2n) is 6.34. The normalized spacial score (nSPS) is 21.8. The van der Waals surface area contributed by atoms with Crippen LogP contribution in [0.5, 0.6) is 0 Å². The van der Waals surface area contributed by atoms with E-state index < -0.39 is 11.8 Å². The Morgan fingerprint density at radius 3 is 2.55 bits per heavy atom. The number of carboxylic acids is 1. The van der Waals surface area contributed by atoms with E-state index in [0.717, 1.165) is 31.6 Å². The lowest BCUT2D eigenvalue weighted by Crippen LogP contribution is -2.16. The van der Waals surface area contributed by atoms with Crippen LogP contribution < -0.4 is 0 Å². The summed E-state index contributed by atoms with van der Waals surface area (Å²) < 4.78 is 14.8. The van der Waals surface area contributed by atoms with Gasteiger partial charge >= 0.3 is 5.97 Å². The maximum Gasteiger partial charge on any atom is 0.339 e. The van der Waals surface area contributed by atoms with Crippen LogP contribution in [0.15, 0.2) is 16.6 Å². The van der Waals surface area contributed by atoms with Crippen molar-refractivity contribution in [2.24, 2.45) is 5.92 Å². The van der Waals surface area contributed by atoms with Crippen molar-refractivity contribution in [1.29, 1.82) is 0 Å². The van der Waals surface area contributed by atoms with Crippen LogP contribution in [0.2, 0.25) is 0 Å². The van der Waals surface area contributed by atoms with Crippen molar-refractivity contribution in [2.45, 2.75) is 64.2 Å². The Balaban J connectivity index is 2.03. The molecule has 0 amide bonds. The van der Waals surface area contributed by atoms with E-state index in [1.807, 2.05) is 0 Å². The van der Waals surface area contributed by atoms with Gasteiger partial charge in [0.25, 0.3) is 0 Å². The van der Waals surface area contributed by atoms with Gasteiger partial charge in [-0.05, 0) is 65.1 Å². The smallest absolute Gasteiger partial charge is 0.339 e. The fraction of sp³-hybridized carbons (Fsp3) is 0.611. The highest BCUT2D eigenvalue weighted by Crippen LogP contribution is 2.40. The van der Waals surface area contributed by atoms with Gasteiger partial charge in [0.1, 0.15) is 11.4 Å². The topological polar surface area (TPSA) is 37.3 Å². The molecule has 1 fully saturated rings. The van der Waals surface area contributed by atoms with Crippen molar-refractivity contribution in [2.75, 3.05) is 0 Å². The Morgan fingerprint density at radius 2 is 1.95 bits per heavy atom. The largest absolute Gasteiger partial charge is 0.478 e. The number of unbranched alkanes of at least 4 members (excludes halogenated alkanes) is 2. The minimum Gasteiger partial charge on any atom is -0.478 e. The first-order valence-corrected chi connectivity index (χ1v) is 9.05. The van der Waals surface area contributed by atoms with Gasteiger partial charge in [-0.2, -0.15) is 0 Å². The number of hydrogen-bond acceptors (Lipinski definition) is 1. The van der Waals surface area contributed by atoms with Crippen molar-refractivity contribution in [3.63, 3.8) is 0 Å². The van der Waals surface area contributed by atoms with Gasteiger partial charge in [-0.25, -0.2) is 9.18 Å². The quantitative estimate of drug-likeness (QED) is 0.610. The molecule has 1 aromatic rings. The van der Waals surface area contributed by atoms with E-state index >= 15 is 0 Å².